The fourth-order valence-corrected chi connectivity index (χ4v) is 1.93. The normalized spacial score (nSPS) is 10.1. The van der Waals surface area contributed by atoms with Crippen molar-refractivity contribution in [1.29, 1.82) is 0 Å². The molecule has 0 spiro atoms. The van der Waals surface area contributed by atoms with Gasteiger partial charge < -0.3 is 14.6 Å². The summed E-state index contributed by atoms with van der Waals surface area (Å²) in [7, 11) is 1.40. The van der Waals surface area contributed by atoms with Gasteiger partial charge in [0, 0.05) is 6.07 Å². The number of carbonyl (C=O) groups is 1. The van der Waals surface area contributed by atoms with Gasteiger partial charge in [-0.25, -0.2) is 4.79 Å². The molecule has 0 radical (unpaired) electrons. The molecule has 0 bridgehead atoms. The Balaban J connectivity index is 2.22. The van der Waals surface area contributed by atoms with Gasteiger partial charge in [-0.2, -0.15) is 0 Å². The number of benzene rings is 2. The zero-order valence-electron chi connectivity index (χ0n) is 10.8. The SMILES string of the molecule is COc1cc(OCc2ccccc2)c(Cl)cc1C(=O)O. The predicted molar refractivity (Wildman–Crippen MR) is 75.7 cm³/mol. The van der Waals surface area contributed by atoms with Crippen molar-refractivity contribution in [2.24, 2.45) is 0 Å². The highest BCUT2D eigenvalue weighted by molar-refractivity contribution is 6.32. The molecular weight excluding hydrogens is 280 g/mol. The molecule has 0 amide bonds. The molecule has 2 rings (SSSR count). The van der Waals surface area contributed by atoms with Crippen molar-refractivity contribution in [3.8, 4) is 11.5 Å². The number of methoxy groups -OCH3 is 1. The third-order valence-electron chi connectivity index (χ3n) is 2.72. The average molecular weight is 293 g/mol. The van der Waals surface area contributed by atoms with E-state index in [9.17, 15) is 4.79 Å². The molecule has 0 saturated heterocycles. The number of hydrogen-bond donors (Lipinski definition) is 1. The number of rotatable bonds is 5. The Hall–Kier alpha value is -2.20. The molecule has 0 aromatic heterocycles. The van der Waals surface area contributed by atoms with E-state index in [-0.39, 0.29) is 16.3 Å². The van der Waals surface area contributed by atoms with Crippen LogP contribution in [0.15, 0.2) is 42.5 Å². The minimum absolute atomic E-state index is 0.00422. The number of halogens is 1. The van der Waals surface area contributed by atoms with E-state index in [1.54, 1.807) is 0 Å². The Bertz CT molecular complexity index is 611. The molecule has 2 aromatic rings. The highest BCUT2D eigenvalue weighted by Crippen LogP contribution is 2.33. The molecule has 0 atom stereocenters. The number of aromatic carboxylic acids is 1. The number of hydrogen-bond acceptors (Lipinski definition) is 3. The largest absolute Gasteiger partial charge is 0.496 e. The Morgan fingerprint density at radius 3 is 2.50 bits per heavy atom. The standard InChI is InChI=1S/C15H13ClO4/c1-19-13-8-14(12(16)7-11(13)15(17)18)20-9-10-5-3-2-4-6-10/h2-8H,9H2,1H3,(H,17,18). The lowest BCUT2D eigenvalue weighted by atomic mass is 10.2. The van der Waals surface area contributed by atoms with E-state index in [2.05, 4.69) is 0 Å². The lowest BCUT2D eigenvalue weighted by Crippen LogP contribution is -2.02. The number of carboxylic acid groups (broad SMARTS) is 1. The zero-order valence-corrected chi connectivity index (χ0v) is 11.6. The van der Waals surface area contributed by atoms with E-state index in [4.69, 9.17) is 26.2 Å². The minimum atomic E-state index is -1.10. The van der Waals surface area contributed by atoms with Gasteiger partial charge in [0.2, 0.25) is 0 Å². The summed E-state index contributed by atoms with van der Waals surface area (Å²) in [6, 6.07) is 12.4. The van der Waals surface area contributed by atoms with Crippen molar-refractivity contribution in [3.63, 3.8) is 0 Å². The molecule has 0 unspecified atom stereocenters. The molecular formula is C15H13ClO4. The van der Waals surface area contributed by atoms with Crippen LogP contribution in [-0.2, 0) is 6.61 Å². The first-order valence-corrected chi connectivity index (χ1v) is 6.27. The summed E-state index contributed by atoms with van der Waals surface area (Å²) in [4.78, 5) is 11.0. The fraction of sp³-hybridized carbons (Fsp3) is 0.133. The maximum Gasteiger partial charge on any atom is 0.339 e. The summed E-state index contributed by atoms with van der Waals surface area (Å²) in [6.45, 7) is 0.343. The summed E-state index contributed by atoms with van der Waals surface area (Å²) in [5, 5.41) is 9.28. The van der Waals surface area contributed by atoms with Gasteiger partial charge in [0.25, 0.3) is 0 Å². The lowest BCUT2D eigenvalue weighted by molar-refractivity contribution is 0.0693. The van der Waals surface area contributed by atoms with E-state index < -0.39 is 5.97 Å². The van der Waals surface area contributed by atoms with E-state index >= 15 is 0 Å². The first kappa shape index (κ1) is 14.2. The van der Waals surface area contributed by atoms with E-state index in [1.807, 2.05) is 30.3 Å². The Morgan fingerprint density at radius 2 is 1.90 bits per heavy atom. The maximum absolute atomic E-state index is 11.0. The predicted octanol–water partition coefficient (Wildman–Crippen LogP) is 3.63. The molecule has 0 saturated carbocycles. The molecule has 0 aliphatic carbocycles. The smallest absolute Gasteiger partial charge is 0.339 e. The number of carboxylic acids is 1. The third-order valence-corrected chi connectivity index (χ3v) is 3.02. The average Bonchev–Trinajstić information content (AvgIpc) is 2.46. The Labute approximate surface area is 121 Å². The summed E-state index contributed by atoms with van der Waals surface area (Å²) in [5.41, 5.74) is 0.995. The molecule has 2 aromatic carbocycles. The molecule has 5 heteroatoms. The van der Waals surface area contributed by atoms with Crippen LogP contribution >= 0.6 is 11.6 Å². The zero-order chi connectivity index (χ0) is 14.5. The van der Waals surface area contributed by atoms with E-state index in [0.717, 1.165) is 5.56 Å². The first-order chi connectivity index (χ1) is 9.61. The van der Waals surface area contributed by atoms with Crippen molar-refractivity contribution >= 4 is 17.6 Å². The van der Waals surface area contributed by atoms with Crippen LogP contribution < -0.4 is 9.47 Å². The minimum Gasteiger partial charge on any atom is -0.496 e. The van der Waals surface area contributed by atoms with Crippen LogP contribution in [0.5, 0.6) is 11.5 Å². The number of ether oxygens (including phenoxy) is 2. The van der Waals surface area contributed by atoms with Crippen molar-refractivity contribution in [1.82, 2.24) is 0 Å². The van der Waals surface area contributed by atoms with Gasteiger partial charge in [-0.3, -0.25) is 0 Å². The van der Waals surface area contributed by atoms with Gasteiger partial charge in [-0.15, -0.1) is 0 Å². The summed E-state index contributed by atoms with van der Waals surface area (Å²) in [6.07, 6.45) is 0. The summed E-state index contributed by atoms with van der Waals surface area (Å²) < 4.78 is 10.6. The monoisotopic (exact) mass is 292 g/mol. The molecule has 104 valence electrons. The third kappa shape index (κ3) is 3.22. The van der Waals surface area contributed by atoms with Gasteiger partial charge >= 0.3 is 5.97 Å². The van der Waals surface area contributed by atoms with Crippen LogP contribution in [0.2, 0.25) is 5.02 Å². The van der Waals surface area contributed by atoms with Crippen molar-refractivity contribution in [2.75, 3.05) is 7.11 Å². The van der Waals surface area contributed by atoms with Crippen LogP contribution in [-0.4, -0.2) is 18.2 Å². The second kappa shape index (κ2) is 6.30. The summed E-state index contributed by atoms with van der Waals surface area (Å²) >= 11 is 6.02. The second-order valence-corrected chi connectivity index (χ2v) is 4.47. The van der Waals surface area contributed by atoms with Gasteiger partial charge in [0.15, 0.2) is 0 Å². The van der Waals surface area contributed by atoms with E-state index in [1.165, 1.54) is 19.2 Å². The van der Waals surface area contributed by atoms with Crippen molar-refractivity contribution in [3.05, 3.63) is 58.6 Å². The van der Waals surface area contributed by atoms with Crippen LogP contribution in [0.3, 0.4) is 0 Å². The summed E-state index contributed by atoms with van der Waals surface area (Å²) in [5.74, 6) is -0.499. The van der Waals surface area contributed by atoms with Gasteiger partial charge in [0.05, 0.1) is 12.1 Å². The van der Waals surface area contributed by atoms with Crippen LogP contribution in [0.1, 0.15) is 15.9 Å². The fourth-order valence-electron chi connectivity index (χ4n) is 1.72. The Morgan fingerprint density at radius 1 is 1.20 bits per heavy atom. The molecule has 1 N–H and O–H groups in total. The molecule has 0 aliphatic rings. The van der Waals surface area contributed by atoms with Crippen LogP contribution in [0.25, 0.3) is 0 Å². The second-order valence-electron chi connectivity index (χ2n) is 4.06. The molecule has 0 fully saturated rings. The highest BCUT2D eigenvalue weighted by atomic mass is 35.5. The van der Waals surface area contributed by atoms with Gasteiger partial charge in [-0.05, 0) is 11.6 Å². The van der Waals surface area contributed by atoms with Crippen LogP contribution in [0.4, 0.5) is 0 Å². The molecule has 0 aliphatic heterocycles. The Kier molecular flexibility index (Phi) is 4.48. The first-order valence-electron chi connectivity index (χ1n) is 5.89. The molecule has 20 heavy (non-hydrogen) atoms. The van der Waals surface area contributed by atoms with Gasteiger partial charge in [0.1, 0.15) is 23.7 Å². The van der Waals surface area contributed by atoms with Gasteiger partial charge in [-0.1, -0.05) is 41.9 Å². The van der Waals surface area contributed by atoms with E-state index in [0.29, 0.717) is 12.4 Å². The lowest BCUT2D eigenvalue weighted by Gasteiger charge is -2.11. The molecule has 4 nitrogen and oxygen atoms in total. The molecule has 0 heterocycles. The van der Waals surface area contributed by atoms with Crippen LogP contribution in [0, 0.1) is 0 Å². The quantitative estimate of drug-likeness (QED) is 0.914. The highest BCUT2D eigenvalue weighted by Gasteiger charge is 2.15. The topological polar surface area (TPSA) is 55.8 Å². The maximum atomic E-state index is 11.0. The van der Waals surface area contributed by atoms with Crippen molar-refractivity contribution < 1.29 is 19.4 Å². The van der Waals surface area contributed by atoms with Crippen molar-refractivity contribution in [2.45, 2.75) is 6.61 Å².